The van der Waals surface area contributed by atoms with Crippen molar-refractivity contribution in [3.8, 4) is 0 Å². The minimum Gasteiger partial charge on any atom is -0.399 e. The fraction of sp³-hybridized carbons (Fsp3) is 0.571. The van der Waals surface area contributed by atoms with Crippen molar-refractivity contribution in [1.29, 1.82) is 0 Å². The topological polar surface area (TPSA) is 43.1 Å². The van der Waals surface area contributed by atoms with Crippen LogP contribution in [0, 0.1) is 5.92 Å². The third kappa shape index (κ3) is 8.01. The summed E-state index contributed by atoms with van der Waals surface area (Å²) in [6.45, 7) is 4.09. The first-order valence-electron chi connectivity index (χ1n) is 9.13. The number of carbonyl (C=O) groups is 1. The predicted molar refractivity (Wildman–Crippen MR) is 101 cm³/mol. The Labute approximate surface area is 142 Å². The molecular weight excluding hydrogens is 282 g/mol. The van der Waals surface area contributed by atoms with Gasteiger partial charge in [0.1, 0.15) is 6.29 Å². The van der Waals surface area contributed by atoms with Crippen molar-refractivity contribution in [2.24, 2.45) is 5.92 Å². The number of allylic oxidation sites excluding steroid dienone is 2. The maximum Gasteiger partial charge on any atom is 0.142 e. The lowest BCUT2D eigenvalue weighted by molar-refractivity contribution is -0.104. The zero-order chi connectivity index (χ0) is 16.9. The van der Waals surface area contributed by atoms with Gasteiger partial charge in [-0.05, 0) is 68.2 Å². The van der Waals surface area contributed by atoms with Gasteiger partial charge in [-0.2, -0.15) is 0 Å². The van der Waals surface area contributed by atoms with Gasteiger partial charge in [-0.1, -0.05) is 50.8 Å². The van der Waals surface area contributed by atoms with E-state index in [4.69, 9.17) is 5.73 Å². The number of anilines is 1. The summed E-state index contributed by atoms with van der Waals surface area (Å²) in [7, 11) is 0. The van der Waals surface area contributed by atoms with E-state index in [1.165, 1.54) is 63.0 Å². The molecule has 0 spiro atoms. The Morgan fingerprint density at radius 3 is 2.22 bits per heavy atom. The van der Waals surface area contributed by atoms with Gasteiger partial charge in [0.25, 0.3) is 0 Å². The van der Waals surface area contributed by atoms with Crippen molar-refractivity contribution in [3.05, 3.63) is 42.0 Å². The van der Waals surface area contributed by atoms with Crippen molar-refractivity contribution in [1.82, 2.24) is 0 Å². The van der Waals surface area contributed by atoms with Crippen LogP contribution in [0.3, 0.4) is 0 Å². The molecule has 1 aliphatic rings. The number of rotatable bonds is 6. The lowest BCUT2D eigenvalue weighted by Crippen LogP contribution is -2.13. The van der Waals surface area contributed by atoms with Crippen molar-refractivity contribution in [3.63, 3.8) is 0 Å². The highest BCUT2D eigenvalue weighted by Gasteiger charge is 2.21. The molecule has 0 heterocycles. The molecular formula is C21H33NO. The Balaban J connectivity index is 0.000000463. The quantitative estimate of drug-likeness (QED) is 0.308. The van der Waals surface area contributed by atoms with E-state index in [0.717, 1.165) is 23.8 Å². The zero-order valence-corrected chi connectivity index (χ0v) is 14.8. The van der Waals surface area contributed by atoms with Crippen molar-refractivity contribution in [2.75, 3.05) is 5.73 Å². The molecule has 2 N–H and O–H groups in total. The highest BCUT2D eigenvalue weighted by Crippen LogP contribution is 2.37. The van der Waals surface area contributed by atoms with E-state index >= 15 is 0 Å². The first kappa shape index (κ1) is 19.5. The summed E-state index contributed by atoms with van der Waals surface area (Å²) in [5.41, 5.74) is 8.12. The van der Waals surface area contributed by atoms with Gasteiger partial charge in [0, 0.05) is 5.69 Å². The van der Waals surface area contributed by atoms with E-state index in [-0.39, 0.29) is 0 Å². The minimum absolute atomic E-state index is 0.750. The molecule has 1 aromatic rings. The van der Waals surface area contributed by atoms with Crippen LogP contribution in [0.2, 0.25) is 0 Å². The Hall–Kier alpha value is -1.57. The van der Waals surface area contributed by atoms with E-state index < -0.39 is 0 Å². The van der Waals surface area contributed by atoms with Crippen molar-refractivity contribution < 1.29 is 4.79 Å². The van der Waals surface area contributed by atoms with Gasteiger partial charge < -0.3 is 5.73 Å². The second-order valence-corrected chi connectivity index (χ2v) is 6.54. The molecule has 0 amide bonds. The molecule has 0 bridgehead atoms. The van der Waals surface area contributed by atoms with Crippen LogP contribution in [0.4, 0.5) is 5.69 Å². The Kier molecular flexibility index (Phi) is 10.1. The summed E-state index contributed by atoms with van der Waals surface area (Å²) < 4.78 is 0. The average molecular weight is 316 g/mol. The first-order chi connectivity index (χ1) is 11.2. The Bertz CT molecular complexity index is 441. The number of unbranched alkanes of at least 4 members (excludes halogenated alkanes) is 2. The average Bonchev–Trinajstić information content (AvgIpc) is 2.58. The molecule has 1 aliphatic carbocycles. The number of carbonyl (C=O) groups excluding carboxylic acids is 1. The molecule has 1 fully saturated rings. The molecule has 2 heteroatoms. The smallest absolute Gasteiger partial charge is 0.142 e. The van der Waals surface area contributed by atoms with Crippen LogP contribution in [0.5, 0.6) is 0 Å². The molecule has 0 atom stereocenters. The van der Waals surface area contributed by atoms with Crippen LogP contribution < -0.4 is 5.73 Å². The van der Waals surface area contributed by atoms with E-state index in [2.05, 4.69) is 19.1 Å². The maximum atomic E-state index is 9.32. The fourth-order valence-corrected chi connectivity index (χ4v) is 3.31. The summed E-state index contributed by atoms with van der Waals surface area (Å²) in [4.78, 5) is 9.32. The van der Waals surface area contributed by atoms with E-state index in [0.29, 0.717) is 0 Å². The number of aldehydes is 1. The van der Waals surface area contributed by atoms with Crippen LogP contribution in [-0.4, -0.2) is 6.29 Å². The van der Waals surface area contributed by atoms with Gasteiger partial charge in [-0.15, -0.1) is 0 Å². The number of nitrogen functional groups attached to an aromatic ring is 1. The number of hydrogen-bond acceptors (Lipinski definition) is 2. The van der Waals surface area contributed by atoms with Crippen LogP contribution in [-0.2, 0) is 4.79 Å². The lowest BCUT2D eigenvalue weighted by atomic mass is 9.77. The molecule has 0 saturated heterocycles. The highest BCUT2D eigenvalue weighted by atomic mass is 16.1. The summed E-state index contributed by atoms with van der Waals surface area (Å²) in [5.74, 6) is 1.79. The van der Waals surface area contributed by atoms with Crippen LogP contribution >= 0.6 is 0 Å². The molecule has 0 radical (unpaired) electrons. The predicted octanol–water partition coefficient (Wildman–Crippen LogP) is 5.88. The summed E-state index contributed by atoms with van der Waals surface area (Å²) in [6, 6.07) is 8.53. The molecule has 23 heavy (non-hydrogen) atoms. The van der Waals surface area contributed by atoms with Crippen LogP contribution in [0.1, 0.15) is 76.7 Å². The van der Waals surface area contributed by atoms with Gasteiger partial charge in [0.2, 0.25) is 0 Å². The molecule has 2 nitrogen and oxygen atoms in total. The zero-order valence-electron chi connectivity index (χ0n) is 14.8. The standard InChI is InChI=1S/C17H27N.C4H6O/c1-2-3-4-5-14-6-8-15(9-7-14)16-10-12-17(18)13-11-16;1-2-3-4-5/h10-15H,2-9,18H2,1H3;2-4H,1H3/b;3-2+. The summed E-state index contributed by atoms with van der Waals surface area (Å²) in [6.07, 6.45) is 15.2. The van der Waals surface area contributed by atoms with Crippen LogP contribution in [0.25, 0.3) is 0 Å². The Morgan fingerprint density at radius 1 is 1.09 bits per heavy atom. The van der Waals surface area contributed by atoms with Crippen molar-refractivity contribution in [2.45, 2.75) is 71.1 Å². The molecule has 128 valence electrons. The first-order valence-corrected chi connectivity index (χ1v) is 9.13. The maximum absolute atomic E-state index is 9.32. The molecule has 0 aliphatic heterocycles. The molecule has 1 aromatic carbocycles. The van der Waals surface area contributed by atoms with Gasteiger partial charge >= 0.3 is 0 Å². The largest absolute Gasteiger partial charge is 0.399 e. The number of hydrogen-bond donors (Lipinski definition) is 1. The monoisotopic (exact) mass is 315 g/mol. The number of nitrogens with two attached hydrogens (primary N) is 1. The minimum atomic E-state index is 0.750. The van der Waals surface area contributed by atoms with Gasteiger partial charge in [0.15, 0.2) is 0 Å². The summed E-state index contributed by atoms with van der Waals surface area (Å²) in [5, 5.41) is 0. The second-order valence-electron chi connectivity index (χ2n) is 6.54. The van der Waals surface area contributed by atoms with Gasteiger partial charge in [-0.3, -0.25) is 4.79 Å². The molecule has 0 aromatic heterocycles. The van der Waals surface area contributed by atoms with Crippen molar-refractivity contribution >= 4 is 12.0 Å². The second kappa shape index (κ2) is 11.9. The lowest BCUT2D eigenvalue weighted by Gasteiger charge is -2.29. The highest BCUT2D eigenvalue weighted by molar-refractivity contribution is 5.64. The SMILES string of the molecule is C/C=C/C=O.CCCCCC1CCC(c2ccc(N)cc2)CC1. The normalized spacial score (nSPS) is 20.8. The third-order valence-corrected chi connectivity index (χ3v) is 4.74. The van der Waals surface area contributed by atoms with Gasteiger partial charge in [-0.25, -0.2) is 0 Å². The van der Waals surface area contributed by atoms with E-state index in [1.54, 1.807) is 13.0 Å². The van der Waals surface area contributed by atoms with E-state index in [9.17, 15) is 4.79 Å². The molecule has 1 saturated carbocycles. The van der Waals surface area contributed by atoms with Gasteiger partial charge in [0.05, 0.1) is 0 Å². The fourth-order valence-electron chi connectivity index (χ4n) is 3.31. The third-order valence-electron chi connectivity index (χ3n) is 4.74. The van der Waals surface area contributed by atoms with Crippen LogP contribution in [0.15, 0.2) is 36.4 Å². The summed E-state index contributed by atoms with van der Waals surface area (Å²) >= 11 is 0. The molecule has 0 unspecified atom stereocenters. The van der Waals surface area contributed by atoms with E-state index in [1.807, 2.05) is 12.1 Å². The number of benzene rings is 1. The Morgan fingerprint density at radius 2 is 1.74 bits per heavy atom. The molecule has 2 rings (SSSR count).